The number of carbonyl (C=O) groups is 1. The Labute approximate surface area is 72.7 Å². The molecule has 1 aromatic rings. The molecule has 0 aromatic heterocycles. The van der Waals surface area contributed by atoms with E-state index >= 15 is 0 Å². The average Bonchev–Trinajstić information content (AvgIpc) is 2.90. The topological polar surface area (TPSA) is 17.1 Å². The quantitative estimate of drug-likeness (QED) is 0.617. The largest absolute Gasteiger partial charge is 0.300 e. The van der Waals surface area contributed by atoms with Gasteiger partial charge in [-0.05, 0) is 5.56 Å². The van der Waals surface area contributed by atoms with E-state index in [9.17, 15) is 4.79 Å². The summed E-state index contributed by atoms with van der Waals surface area (Å²) in [5, 5.41) is 0. The number of Topliss-reactive ketones (excluding diaryl/α,β-unsaturated/α-hetero) is 1. The number of hydrogen-bond acceptors (Lipinski definition) is 1. The predicted molar refractivity (Wildman–Crippen MR) is 50.8 cm³/mol. The number of ketones is 1. The van der Waals surface area contributed by atoms with E-state index in [1.807, 2.05) is 36.4 Å². The van der Waals surface area contributed by atoms with Crippen molar-refractivity contribution in [2.45, 2.75) is 12.8 Å². The third kappa shape index (κ3) is 3.71. The zero-order valence-corrected chi connectivity index (χ0v) is 6.99. The Morgan fingerprint density at radius 2 is 1.67 bits per heavy atom. The summed E-state index contributed by atoms with van der Waals surface area (Å²) in [6, 6.07) is 10.0. The third-order valence-electron chi connectivity index (χ3n) is 1.49. The van der Waals surface area contributed by atoms with Gasteiger partial charge in [-0.3, -0.25) is 4.79 Å². The molecule has 0 heterocycles. The Kier molecular flexibility index (Phi) is 3.27. The molecule has 62 valence electrons. The van der Waals surface area contributed by atoms with Gasteiger partial charge in [-0.15, -0.1) is 0 Å². The average molecular weight is 160 g/mol. The Morgan fingerprint density at radius 3 is 1.92 bits per heavy atom. The highest BCUT2D eigenvalue weighted by molar-refractivity contribution is 5.92. The molecule has 0 amide bonds. The van der Waals surface area contributed by atoms with Crippen molar-refractivity contribution in [1.82, 2.24) is 0 Å². The Hall–Kier alpha value is -1.37. The van der Waals surface area contributed by atoms with Crippen molar-refractivity contribution < 1.29 is 4.79 Å². The summed E-state index contributed by atoms with van der Waals surface area (Å²) < 4.78 is 0. The van der Waals surface area contributed by atoms with E-state index in [-0.39, 0.29) is 0 Å². The van der Waals surface area contributed by atoms with Crippen LogP contribution < -0.4 is 0 Å². The molecule has 0 radical (unpaired) electrons. The smallest absolute Gasteiger partial charge is 0.133 e. The first-order valence-electron chi connectivity index (χ1n) is 4.02. The van der Waals surface area contributed by atoms with E-state index in [4.69, 9.17) is 0 Å². The molecule has 0 atom stereocenters. The van der Waals surface area contributed by atoms with Gasteiger partial charge in [-0.25, -0.2) is 0 Å². The molecule has 12 heavy (non-hydrogen) atoms. The highest BCUT2D eigenvalue weighted by Crippen LogP contribution is 2.08. The molecule has 1 aliphatic carbocycles. The molecule has 1 nitrogen and oxygen atoms in total. The van der Waals surface area contributed by atoms with Crippen LogP contribution in [-0.2, 0) is 4.79 Å². The van der Waals surface area contributed by atoms with Crippen molar-refractivity contribution in [3.8, 4) is 0 Å². The lowest BCUT2D eigenvalue weighted by molar-refractivity contribution is -0.109. The molecular weight excluding hydrogens is 148 g/mol. The van der Waals surface area contributed by atoms with Crippen molar-refractivity contribution in [3.63, 3.8) is 0 Å². The van der Waals surface area contributed by atoms with Crippen molar-refractivity contribution >= 4 is 11.9 Å². The molecular formula is C11H12O. The molecule has 0 aliphatic heterocycles. The summed E-state index contributed by atoms with van der Waals surface area (Å²) in [7, 11) is 0. The normalized spacial score (nSPS) is 12.8. The minimum absolute atomic E-state index is 0.417. The Balaban J connectivity index is 0.000000150. The van der Waals surface area contributed by atoms with Crippen LogP contribution in [0.1, 0.15) is 18.4 Å². The monoisotopic (exact) mass is 160 g/mol. The second-order valence-electron chi connectivity index (χ2n) is 2.65. The number of hydrogen-bond donors (Lipinski definition) is 0. The molecule has 1 aromatic carbocycles. The van der Waals surface area contributed by atoms with Crippen LogP contribution >= 0.6 is 0 Å². The minimum Gasteiger partial charge on any atom is -0.300 e. The predicted octanol–water partition coefficient (Wildman–Crippen LogP) is 2.68. The summed E-state index contributed by atoms with van der Waals surface area (Å²) in [4.78, 5) is 9.56. The van der Waals surface area contributed by atoms with Crippen molar-refractivity contribution in [2.75, 3.05) is 0 Å². The highest BCUT2D eigenvalue weighted by atomic mass is 16.1. The highest BCUT2D eigenvalue weighted by Gasteiger charge is 2.13. The van der Waals surface area contributed by atoms with Gasteiger partial charge in [0, 0.05) is 12.8 Å². The lowest BCUT2D eigenvalue weighted by atomic mass is 10.2. The fraction of sp³-hybridized carbons (Fsp3) is 0.182. The van der Waals surface area contributed by atoms with E-state index in [0.717, 1.165) is 12.8 Å². The van der Waals surface area contributed by atoms with Crippen molar-refractivity contribution in [3.05, 3.63) is 42.5 Å². The second-order valence-corrected chi connectivity index (χ2v) is 2.65. The van der Waals surface area contributed by atoms with Gasteiger partial charge >= 0.3 is 0 Å². The summed E-state index contributed by atoms with van der Waals surface area (Å²) in [6.07, 6.45) is 3.53. The standard InChI is InChI=1S/C8H8.C3H4O/c1-2-8-6-4-3-5-7-8;4-3-1-2-3/h2-7H,1H2;1-2H2. The fourth-order valence-electron chi connectivity index (χ4n) is 0.640. The maximum absolute atomic E-state index is 9.56. The zero-order chi connectivity index (χ0) is 8.81. The molecule has 0 bridgehead atoms. The van der Waals surface area contributed by atoms with Gasteiger partial charge in [-0.1, -0.05) is 43.0 Å². The minimum atomic E-state index is 0.417. The van der Waals surface area contributed by atoms with Crippen molar-refractivity contribution in [2.24, 2.45) is 0 Å². The lowest BCUT2D eigenvalue weighted by Gasteiger charge is -1.85. The van der Waals surface area contributed by atoms with Gasteiger partial charge < -0.3 is 0 Å². The fourth-order valence-corrected chi connectivity index (χ4v) is 0.640. The molecule has 0 N–H and O–H groups in total. The summed E-state index contributed by atoms with van der Waals surface area (Å²) >= 11 is 0. The molecule has 0 spiro atoms. The Bertz CT molecular complexity index is 256. The first kappa shape index (κ1) is 8.72. The lowest BCUT2D eigenvalue weighted by Crippen LogP contribution is -1.63. The van der Waals surface area contributed by atoms with Gasteiger partial charge in [0.15, 0.2) is 0 Å². The maximum atomic E-state index is 9.56. The van der Waals surface area contributed by atoms with Crippen LogP contribution in [0.5, 0.6) is 0 Å². The van der Waals surface area contributed by atoms with Crippen LogP contribution in [0.3, 0.4) is 0 Å². The van der Waals surface area contributed by atoms with Crippen LogP contribution in [0.25, 0.3) is 6.08 Å². The molecule has 1 aliphatic rings. The molecule has 1 fully saturated rings. The van der Waals surface area contributed by atoms with Crippen molar-refractivity contribution in [1.29, 1.82) is 0 Å². The van der Waals surface area contributed by atoms with E-state index in [1.54, 1.807) is 0 Å². The van der Waals surface area contributed by atoms with Crippen LogP contribution in [0, 0.1) is 0 Å². The van der Waals surface area contributed by atoms with Gasteiger partial charge in [0.1, 0.15) is 5.78 Å². The van der Waals surface area contributed by atoms with E-state index in [0.29, 0.717) is 5.78 Å². The summed E-state index contributed by atoms with van der Waals surface area (Å²) in [5.74, 6) is 0.417. The molecule has 2 rings (SSSR count). The summed E-state index contributed by atoms with van der Waals surface area (Å²) in [5.41, 5.74) is 1.17. The van der Waals surface area contributed by atoms with Crippen LogP contribution in [0.4, 0.5) is 0 Å². The summed E-state index contributed by atoms with van der Waals surface area (Å²) in [6.45, 7) is 3.63. The zero-order valence-electron chi connectivity index (χ0n) is 6.99. The first-order chi connectivity index (χ1) is 5.83. The van der Waals surface area contributed by atoms with E-state index in [1.165, 1.54) is 5.56 Å². The van der Waals surface area contributed by atoms with Gasteiger partial charge in [-0.2, -0.15) is 0 Å². The van der Waals surface area contributed by atoms with Gasteiger partial charge in [0.25, 0.3) is 0 Å². The van der Waals surface area contributed by atoms with E-state index in [2.05, 4.69) is 6.58 Å². The third-order valence-corrected chi connectivity index (χ3v) is 1.49. The number of rotatable bonds is 1. The van der Waals surface area contributed by atoms with Crippen LogP contribution in [-0.4, -0.2) is 5.78 Å². The molecule has 1 heteroatoms. The molecule has 1 saturated carbocycles. The molecule has 0 unspecified atom stereocenters. The maximum Gasteiger partial charge on any atom is 0.133 e. The second kappa shape index (κ2) is 4.50. The van der Waals surface area contributed by atoms with Crippen LogP contribution in [0.2, 0.25) is 0 Å². The van der Waals surface area contributed by atoms with E-state index < -0.39 is 0 Å². The van der Waals surface area contributed by atoms with Crippen LogP contribution in [0.15, 0.2) is 36.9 Å². The Morgan fingerprint density at radius 1 is 1.17 bits per heavy atom. The van der Waals surface area contributed by atoms with Gasteiger partial charge in [0.05, 0.1) is 0 Å². The number of benzene rings is 1. The molecule has 0 saturated heterocycles. The first-order valence-corrected chi connectivity index (χ1v) is 4.02. The SMILES string of the molecule is C=Cc1ccccc1.O=C1CC1. The van der Waals surface area contributed by atoms with Gasteiger partial charge in [0.2, 0.25) is 0 Å². The number of carbonyl (C=O) groups excluding carboxylic acids is 1.